The van der Waals surface area contributed by atoms with Crippen molar-refractivity contribution >= 4 is 23.5 Å². The zero-order chi connectivity index (χ0) is 19.8. The van der Waals surface area contributed by atoms with E-state index >= 15 is 0 Å². The fourth-order valence-corrected chi connectivity index (χ4v) is 2.07. The van der Waals surface area contributed by atoms with E-state index in [1.54, 1.807) is 12.1 Å². The molecule has 0 aliphatic heterocycles. The van der Waals surface area contributed by atoms with Gasteiger partial charge in [0.1, 0.15) is 12.4 Å². The number of hydrogen-bond donors (Lipinski definition) is 1. The number of pyridine rings is 1. The maximum Gasteiger partial charge on any atom is 0.326 e. The van der Waals surface area contributed by atoms with Crippen LogP contribution in [0.3, 0.4) is 0 Å². The Balaban J connectivity index is 1.76. The molecule has 1 heterocycles. The zero-order valence-electron chi connectivity index (χ0n) is 14.6. The van der Waals surface area contributed by atoms with Crippen molar-refractivity contribution in [2.75, 3.05) is 25.5 Å². The maximum atomic E-state index is 12.8. The minimum absolute atomic E-state index is 0.272. The summed E-state index contributed by atoms with van der Waals surface area (Å²) in [5, 5.41) is 2.51. The van der Waals surface area contributed by atoms with Crippen LogP contribution in [0.4, 0.5) is 10.1 Å². The second-order valence-electron chi connectivity index (χ2n) is 5.63. The fourth-order valence-electron chi connectivity index (χ4n) is 2.07. The molecule has 1 N–H and O–H groups in total. The van der Waals surface area contributed by atoms with Crippen molar-refractivity contribution in [3.05, 3.63) is 64.8 Å². The molecular formula is C18H18FN3O5. The third kappa shape index (κ3) is 6.38. The Morgan fingerprint density at radius 1 is 1.15 bits per heavy atom. The first kappa shape index (κ1) is 19.8. The average molecular weight is 375 g/mol. The van der Waals surface area contributed by atoms with Crippen LogP contribution in [0.2, 0.25) is 0 Å². The Labute approximate surface area is 154 Å². The summed E-state index contributed by atoms with van der Waals surface area (Å²) in [5.41, 5.74) is 0.0253. The third-order valence-electron chi connectivity index (χ3n) is 3.49. The standard InChI is InChI=1S/C18H18FN3O5/c1-21(10-15(23)20-14-7-5-13(19)6-8-14)17(25)12-27-18(26)11-22-9-3-2-4-16(22)24/h2-9H,10-12H2,1H3,(H,20,23). The number of benzene rings is 1. The summed E-state index contributed by atoms with van der Waals surface area (Å²) in [5.74, 6) is -2.25. The number of halogens is 1. The van der Waals surface area contributed by atoms with E-state index in [4.69, 9.17) is 4.74 Å². The predicted octanol–water partition coefficient (Wildman–Crippen LogP) is 0.628. The van der Waals surface area contributed by atoms with Gasteiger partial charge in [-0.1, -0.05) is 6.07 Å². The van der Waals surface area contributed by atoms with Crippen LogP contribution in [0.1, 0.15) is 0 Å². The van der Waals surface area contributed by atoms with Crippen LogP contribution in [0.25, 0.3) is 0 Å². The first-order valence-corrected chi connectivity index (χ1v) is 7.95. The predicted molar refractivity (Wildman–Crippen MR) is 94.3 cm³/mol. The summed E-state index contributed by atoms with van der Waals surface area (Å²) in [6.07, 6.45) is 1.43. The van der Waals surface area contributed by atoms with Gasteiger partial charge >= 0.3 is 5.97 Å². The van der Waals surface area contributed by atoms with Crippen LogP contribution in [-0.4, -0.2) is 47.4 Å². The van der Waals surface area contributed by atoms with Crippen molar-refractivity contribution in [3.63, 3.8) is 0 Å². The molecule has 0 radical (unpaired) electrons. The molecule has 0 fully saturated rings. The monoisotopic (exact) mass is 375 g/mol. The van der Waals surface area contributed by atoms with Crippen LogP contribution < -0.4 is 10.9 Å². The molecule has 0 saturated carbocycles. The van der Waals surface area contributed by atoms with Crippen molar-refractivity contribution in [1.29, 1.82) is 0 Å². The summed E-state index contributed by atoms with van der Waals surface area (Å²) >= 11 is 0. The van der Waals surface area contributed by atoms with Crippen LogP contribution in [0.5, 0.6) is 0 Å². The largest absolute Gasteiger partial charge is 0.454 e. The number of carbonyl (C=O) groups excluding carboxylic acids is 3. The van der Waals surface area contributed by atoms with E-state index in [0.717, 1.165) is 9.47 Å². The minimum Gasteiger partial charge on any atom is -0.454 e. The Bertz CT molecular complexity index is 879. The number of nitrogens with one attached hydrogen (secondary N) is 1. The molecule has 0 unspecified atom stereocenters. The molecule has 2 amide bonds. The third-order valence-corrected chi connectivity index (χ3v) is 3.49. The lowest BCUT2D eigenvalue weighted by Gasteiger charge is -2.17. The van der Waals surface area contributed by atoms with Gasteiger partial charge in [-0.3, -0.25) is 19.2 Å². The maximum absolute atomic E-state index is 12.8. The van der Waals surface area contributed by atoms with E-state index in [2.05, 4.69) is 5.32 Å². The summed E-state index contributed by atoms with van der Waals surface area (Å²) in [6.45, 7) is -1.14. The lowest BCUT2D eigenvalue weighted by molar-refractivity contribution is -0.152. The number of amides is 2. The smallest absolute Gasteiger partial charge is 0.326 e. The lowest BCUT2D eigenvalue weighted by atomic mass is 10.3. The number of hydrogen-bond acceptors (Lipinski definition) is 5. The topological polar surface area (TPSA) is 97.7 Å². The first-order valence-electron chi connectivity index (χ1n) is 7.95. The van der Waals surface area contributed by atoms with E-state index in [1.807, 2.05) is 0 Å². The summed E-state index contributed by atoms with van der Waals surface area (Å²) < 4.78 is 18.8. The molecule has 27 heavy (non-hydrogen) atoms. The highest BCUT2D eigenvalue weighted by Gasteiger charge is 2.15. The highest BCUT2D eigenvalue weighted by Crippen LogP contribution is 2.08. The Kier molecular flexibility index (Phi) is 6.81. The molecule has 1 aromatic heterocycles. The number of likely N-dealkylation sites (N-methyl/N-ethyl adjacent to an activating group) is 1. The van der Waals surface area contributed by atoms with Crippen molar-refractivity contribution in [2.45, 2.75) is 6.54 Å². The van der Waals surface area contributed by atoms with Gasteiger partial charge in [0.05, 0.1) is 6.54 Å². The molecule has 0 aliphatic rings. The molecule has 2 rings (SSSR count). The van der Waals surface area contributed by atoms with Crippen LogP contribution in [-0.2, 0) is 25.7 Å². The fraction of sp³-hybridized carbons (Fsp3) is 0.222. The van der Waals surface area contributed by atoms with Crippen molar-refractivity contribution in [3.8, 4) is 0 Å². The molecule has 0 atom stereocenters. The summed E-state index contributed by atoms with van der Waals surface area (Å²) in [6, 6.07) is 9.60. The quantitative estimate of drug-likeness (QED) is 0.716. The average Bonchev–Trinajstić information content (AvgIpc) is 2.63. The van der Waals surface area contributed by atoms with Crippen LogP contribution in [0.15, 0.2) is 53.5 Å². The number of nitrogens with zero attached hydrogens (tertiary/aromatic N) is 2. The Morgan fingerprint density at radius 3 is 2.52 bits per heavy atom. The molecular weight excluding hydrogens is 357 g/mol. The number of carbonyl (C=O) groups is 3. The van der Waals surface area contributed by atoms with E-state index in [0.29, 0.717) is 5.69 Å². The molecule has 8 nitrogen and oxygen atoms in total. The molecule has 9 heteroatoms. The molecule has 0 saturated heterocycles. The molecule has 142 valence electrons. The number of anilines is 1. The summed E-state index contributed by atoms with van der Waals surface area (Å²) in [4.78, 5) is 48.1. The molecule has 0 bridgehead atoms. The van der Waals surface area contributed by atoms with Crippen molar-refractivity contribution in [1.82, 2.24) is 9.47 Å². The van der Waals surface area contributed by atoms with Gasteiger partial charge in [0.25, 0.3) is 11.5 Å². The Morgan fingerprint density at radius 2 is 1.85 bits per heavy atom. The van der Waals surface area contributed by atoms with Gasteiger partial charge in [-0.15, -0.1) is 0 Å². The Hall–Kier alpha value is -3.49. The molecule has 0 spiro atoms. The highest BCUT2D eigenvalue weighted by molar-refractivity contribution is 5.94. The van der Waals surface area contributed by atoms with E-state index in [-0.39, 0.29) is 18.6 Å². The van der Waals surface area contributed by atoms with Gasteiger partial charge in [0.15, 0.2) is 6.61 Å². The van der Waals surface area contributed by atoms with Gasteiger partial charge < -0.3 is 19.5 Å². The second kappa shape index (κ2) is 9.27. The van der Waals surface area contributed by atoms with Gasteiger partial charge in [0.2, 0.25) is 5.91 Å². The van der Waals surface area contributed by atoms with Gasteiger partial charge in [-0.25, -0.2) is 4.39 Å². The van der Waals surface area contributed by atoms with Crippen LogP contribution in [0, 0.1) is 5.82 Å². The first-order chi connectivity index (χ1) is 12.8. The lowest BCUT2D eigenvalue weighted by Crippen LogP contribution is -2.37. The van der Waals surface area contributed by atoms with E-state index in [9.17, 15) is 23.6 Å². The minimum atomic E-state index is -0.749. The van der Waals surface area contributed by atoms with E-state index < -0.39 is 30.2 Å². The highest BCUT2D eigenvalue weighted by atomic mass is 19.1. The molecule has 0 aliphatic carbocycles. The van der Waals surface area contributed by atoms with E-state index in [1.165, 1.54) is 43.6 Å². The molecule has 2 aromatic rings. The number of ether oxygens (including phenoxy) is 1. The second-order valence-corrected chi connectivity index (χ2v) is 5.63. The normalized spacial score (nSPS) is 10.1. The van der Waals surface area contributed by atoms with Crippen molar-refractivity contribution < 1.29 is 23.5 Å². The van der Waals surface area contributed by atoms with Crippen molar-refractivity contribution in [2.24, 2.45) is 0 Å². The number of aromatic nitrogens is 1. The SMILES string of the molecule is CN(CC(=O)Nc1ccc(F)cc1)C(=O)COC(=O)Cn1ccccc1=O. The van der Waals surface area contributed by atoms with Gasteiger partial charge in [0, 0.05) is 25.0 Å². The number of rotatable bonds is 7. The van der Waals surface area contributed by atoms with Gasteiger partial charge in [-0.05, 0) is 30.3 Å². The molecule has 1 aromatic carbocycles. The van der Waals surface area contributed by atoms with Crippen LogP contribution >= 0.6 is 0 Å². The van der Waals surface area contributed by atoms with Gasteiger partial charge in [-0.2, -0.15) is 0 Å². The number of esters is 1. The summed E-state index contributed by atoms with van der Waals surface area (Å²) in [7, 11) is 1.38. The zero-order valence-corrected chi connectivity index (χ0v) is 14.6.